The number of ether oxygens (including phenoxy) is 1. The maximum Gasteiger partial charge on any atom is 0.291 e. The molecule has 0 aliphatic rings. The number of benzene rings is 2. The predicted octanol–water partition coefficient (Wildman–Crippen LogP) is 1.78. The quantitative estimate of drug-likeness (QED) is 0.636. The van der Waals surface area contributed by atoms with Crippen LogP contribution in [-0.4, -0.2) is 33.4 Å². The second-order valence-electron chi connectivity index (χ2n) is 6.35. The number of hydrogen-bond donors (Lipinski definition) is 2. The molecule has 2 aromatic carbocycles. The molecule has 0 radical (unpaired) electrons. The van der Waals surface area contributed by atoms with E-state index in [9.17, 15) is 9.59 Å². The van der Waals surface area contributed by atoms with E-state index in [4.69, 9.17) is 4.74 Å². The van der Waals surface area contributed by atoms with Crippen LogP contribution in [0.4, 0.5) is 0 Å². The molecule has 0 bridgehead atoms. The summed E-state index contributed by atoms with van der Waals surface area (Å²) in [6, 6.07) is 15.4. The number of hydrogen-bond acceptors (Lipinski definition) is 5. The highest BCUT2D eigenvalue weighted by Crippen LogP contribution is 2.18. The molecular formula is C20H21N5O3. The molecule has 8 nitrogen and oxygen atoms in total. The summed E-state index contributed by atoms with van der Waals surface area (Å²) in [5.41, 5.74) is 7.71. The number of carbonyl (C=O) groups is 2. The van der Waals surface area contributed by atoms with Gasteiger partial charge in [0.2, 0.25) is 0 Å². The molecule has 28 heavy (non-hydrogen) atoms. The van der Waals surface area contributed by atoms with Gasteiger partial charge in [0.1, 0.15) is 5.75 Å². The van der Waals surface area contributed by atoms with Gasteiger partial charge in [-0.1, -0.05) is 47.7 Å². The second kappa shape index (κ2) is 8.81. The lowest BCUT2D eigenvalue weighted by atomic mass is 10.1. The zero-order chi connectivity index (χ0) is 19.9. The third kappa shape index (κ3) is 5.16. The first-order valence-electron chi connectivity index (χ1n) is 8.74. The van der Waals surface area contributed by atoms with Gasteiger partial charge in [-0.05, 0) is 36.6 Å². The number of nitrogens with one attached hydrogen (secondary N) is 2. The van der Waals surface area contributed by atoms with Gasteiger partial charge in [0, 0.05) is 0 Å². The minimum atomic E-state index is -0.556. The van der Waals surface area contributed by atoms with E-state index < -0.39 is 11.8 Å². The summed E-state index contributed by atoms with van der Waals surface area (Å²) in [6.07, 6.45) is 1.51. The highest BCUT2D eigenvalue weighted by atomic mass is 16.5. The van der Waals surface area contributed by atoms with Gasteiger partial charge in [-0.25, -0.2) is 4.68 Å². The van der Waals surface area contributed by atoms with Gasteiger partial charge in [0.15, 0.2) is 12.3 Å². The van der Waals surface area contributed by atoms with E-state index in [1.807, 2.05) is 62.4 Å². The average molecular weight is 379 g/mol. The van der Waals surface area contributed by atoms with Crippen LogP contribution < -0.4 is 15.6 Å². The minimum Gasteiger partial charge on any atom is -0.483 e. The van der Waals surface area contributed by atoms with Crippen molar-refractivity contribution in [1.82, 2.24) is 25.8 Å². The van der Waals surface area contributed by atoms with Crippen molar-refractivity contribution in [3.8, 4) is 5.75 Å². The standard InChI is InChI=1S/C20H21N5O3/c1-14-8-9-15(2)18(10-14)28-13-19(26)22-23-20(27)17-12-25(24-21-17)11-16-6-4-3-5-7-16/h3-10,12H,11,13H2,1-2H3,(H,22,26)(H,23,27). The van der Waals surface area contributed by atoms with Crippen molar-refractivity contribution in [3.05, 3.63) is 77.1 Å². The summed E-state index contributed by atoms with van der Waals surface area (Å²) in [6.45, 7) is 4.12. The Balaban J connectivity index is 1.47. The number of aryl methyl sites for hydroxylation is 2. The fraction of sp³-hybridized carbons (Fsp3) is 0.200. The van der Waals surface area contributed by atoms with Crippen LogP contribution in [0.3, 0.4) is 0 Å². The Morgan fingerprint density at radius 2 is 1.86 bits per heavy atom. The van der Waals surface area contributed by atoms with E-state index >= 15 is 0 Å². The highest BCUT2D eigenvalue weighted by molar-refractivity contribution is 5.93. The van der Waals surface area contributed by atoms with Crippen molar-refractivity contribution in [2.24, 2.45) is 0 Å². The monoisotopic (exact) mass is 379 g/mol. The molecule has 0 aliphatic carbocycles. The Morgan fingerprint density at radius 3 is 2.64 bits per heavy atom. The number of rotatable bonds is 6. The predicted molar refractivity (Wildman–Crippen MR) is 103 cm³/mol. The van der Waals surface area contributed by atoms with Gasteiger partial charge in [-0.3, -0.25) is 20.4 Å². The number of aromatic nitrogens is 3. The molecule has 144 valence electrons. The molecule has 0 saturated carbocycles. The first-order valence-corrected chi connectivity index (χ1v) is 8.74. The minimum absolute atomic E-state index is 0.103. The Bertz CT molecular complexity index is 969. The van der Waals surface area contributed by atoms with Crippen molar-refractivity contribution >= 4 is 11.8 Å². The summed E-state index contributed by atoms with van der Waals surface area (Å²) in [7, 11) is 0. The van der Waals surface area contributed by atoms with Crippen LogP contribution in [0.15, 0.2) is 54.7 Å². The van der Waals surface area contributed by atoms with Gasteiger partial charge in [0.05, 0.1) is 12.7 Å². The first-order chi connectivity index (χ1) is 13.5. The third-order valence-electron chi connectivity index (χ3n) is 3.98. The van der Waals surface area contributed by atoms with Crippen LogP contribution in [-0.2, 0) is 11.3 Å². The third-order valence-corrected chi connectivity index (χ3v) is 3.98. The Kier molecular flexibility index (Phi) is 6.01. The first kappa shape index (κ1) is 19.1. The molecule has 3 aromatic rings. The van der Waals surface area contributed by atoms with E-state index in [0.717, 1.165) is 16.7 Å². The number of nitrogens with zero attached hydrogens (tertiary/aromatic N) is 3. The zero-order valence-corrected chi connectivity index (χ0v) is 15.7. The van der Waals surface area contributed by atoms with Crippen LogP contribution in [0, 0.1) is 13.8 Å². The van der Waals surface area contributed by atoms with E-state index in [2.05, 4.69) is 21.2 Å². The number of carbonyl (C=O) groups excluding carboxylic acids is 2. The fourth-order valence-electron chi connectivity index (χ4n) is 2.48. The lowest BCUT2D eigenvalue weighted by molar-refractivity contribution is -0.123. The maximum absolute atomic E-state index is 12.1. The summed E-state index contributed by atoms with van der Waals surface area (Å²) < 4.78 is 7.04. The van der Waals surface area contributed by atoms with E-state index in [1.165, 1.54) is 6.20 Å². The van der Waals surface area contributed by atoms with Crippen LogP contribution in [0.5, 0.6) is 5.75 Å². The maximum atomic E-state index is 12.1. The second-order valence-corrected chi connectivity index (χ2v) is 6.35. The molecule has 0 spiro atoms. The van der Waals surface area contributed by atoms with Crippen molar-refractivity contribution in [1.29, 1.82) is 0 Å². The van der Waals surface area contributed by atoms with Crippen LogP contribution in [0.1, 0.15) is 27.2 Å². The molecule has 8 heteroatoms. The van der Waals surface area contributed by atoms with Gasteiger partial charge in [0.25, 0.3) is 11.8 Å². The van der Waals surface area contributed by atoms with Gasteiger partial charge < -0.3 is 4.74 Å². The molecule has 3 rings (SSSR count). The Labute approximate surface area is 162 Å². The van der Waals surface area contributed by atoms with Crippen molar-refractivity contribution in [3.63, 3.8) is 0 Å². The van der Waals surface area contributed by atoms with Gasteiger partial charge >= 0.3 is 0 Å². The molecule has 1 aromatic heterocycles. The summed E-state index contributed by atoms with van der Waals surface area (Å²) >= 11 is 0. The van der Waals surface area contributed by atoms with Crippen molar-refractivity contribution in [2.45, 2.75) is 20.4 Å². The molecule has 0 unspecified atom stereocenters. The Hall–Kier alpha value is -3.68. The van der Waals surface area contributed by atoms with E-state index in [-0.39, 0.29) is 12.3 Å². The Morgan fingerprint density at radius 1 is 1.07 bits per heavy atom. The molecule has 0 atom stereocenters. The van der Waals surface area contributed by atoms with E-state index in [1.54, 1.807) is 4.68 Å². The molecule has 0 saturated heterocycles. The molecule has 0 fully saturated rings. The van der Waals surface area contributed by atoms with Gasteiger partial charge in [-0.2, -0.15) is 0 Å². The van der Waals surface area contributed by atoms with Crippen LogP contribution in [0.2, 0.25) is 0 Å². The van der Waals surface area contributed by atoms with Crippen LogP contribution >= 0.6 is 0 Å². The molecule has 2 N–H and O–H groups in total. The molecule has 1 heterocycles. The molecular weight excluding hydrogens is 358 g/mol. The van der Waals surface area contributed by atoms with Crippen molar-refractivity contribution in [2.75, 3.05) is 6.61 Å². The lowest BCUT2D eigenvalue weighted by Crippen LogP contribution is -2.44. The summed E-state index contributed by atoms with van der Waals surface area (Å²) in [4.78, 5) is 24.0. The van der Waals surface area contributed by atoms with E-state index in [0.29, 0.717) is 12.3 Å². The fourth-order valence-corrected chi connectivity index (χ4v) is 2.48. The molecule has 2 amide bonds. The largest absolute Gasteiger partial charge is 0.483 e. The topological polar surface area (TPSA) is 98.1 Å². The smallest absolute Gasteiger partial charge is 0.291 e. The SMILES string of the molecule is Cc1ccc(C)c(OCC(=O)NNC(=O)c2cn(Cc3ccccc3)nn2)c1. The summed E-state index contributed by atoms with van der Waals surface area (Å²) in [5.74, 6) is -0.407. The lowest BCUT2D eigenvalue weighted by Gasteiger charge is -2.10. The number of amides is 2. The molecule has 0 aliphatic heterocycles. The zero-order valence-electron chi connectivity index (χ0n) is 15.7. The van der Waals surface area contributed by atoms with Crippen LogP contribution in [0.25, 0.3) is 0 Å². The van der Waals surface area contributed by atoms with Crippen molar-refractivity contribution < 1.29 is 14.3 Å². The highest BCUT2D eigenvalue weighted by Gasteiger charge is 2.12. The summed E-state index contributed by atoms with van der Waals surface area (Å²) in [5, 5.41) is 7.75. The number of hydrazine groups is 1. The average Bonchev–Trinajstić information content (AvgIpc) is 3.16. The normalized spacial score (nSPS) is 10.4. The van der Waals surface area contributed by atoms with Gasteiger partial charge in [-0.15, -0.1) is 5.10 Å².